The lowest BCUT2D eigenvalue weighted by Crippen LogP contribution is -1.99. The number of benzene rings is 1. The first-order chi connectivity index (χ1) is 7.18. The molecular weight excluding hydrogens is 342 g/mol. The van der Waals surface area contributed by atoms with Crippen LogP contribution in [0.2, 0.25) is 0 Å². The quantitative estimate of drug-likeness (QED) is 0.896. The van der Waals surface area contributed by atoms with Crippen LogP contribution in [-0.2, 0) is 0 Å². The summed E-state index contributed by atoms with van der Waals surface area (Å²) < 4.78 is 1.65. The van der Waals surface area contributed by atoms with E-state index in [0.29, 0.717) is 5.01 Å². The lowest BCUT2D eigenvalue weighted by atomic mass is 10.1. The maximum atomic E-state index is 10.1. The SMILES string of the molecule is OC(c1nc(Br)cs1)c1ccccc1Br. The highest BCUT2D eigenvalue weighted by atomic mass is 79.9. The van der Waals surface area contributed by atoms with Crippen molar-refractivity contribution in [3.63, 3.8) is 0 Å². The molecule has 0 saturated heterocycles. The highest BCUT2D eigenvalue weighted by molar-refractivity contribution is 9.10. The van der Waals surface area contributed by atoms with Gasteiger partial charge in [0.15, 0.2) is 0 Å². The van der Waals surface area contributed by atoms with Crippen LogP contribution < -0.4 is 0 Å². The molecule has 0 aliphatic rings. The third kappa shape index (κ3) is 2.47. The van der Waals surface area contributed by atoms with E-state index in [-0.39, 0.29) is 0 Å². The minimum atomic E-state index is -0.670. The molecule has 5 heteroatoms. The molecule has 1 atom stereocenters. The van der Waals surface area contributed by atoms with E-state index < -0.39 is 6.10 Å². The van der Waals surface area contributed by atoms with Crippen LogP contribution in [0.1, 0.15) is 16.7 Å². The standard InChI is InChI=1S/C10H7Br2NOS/c11-7-4-2-1-3-6(7)9(14)10-13-8(12)5-15-10/h1-5,9,14H. The molecule has 1 aromatic carbocycles. The van der Waals surface area contributed by atoms with Crippen molar-refractivity contribution in [2.24, 2.45) is 0 Å². The number of hydrogen-bond acceptors (Lipinski definition) is 3. The highest BCUT2D eigenvalue weighted by Gasteiger charge is 2.16. The first-order valence-corrected chi connectivity index (χ1v) is 6.68. The van der Waals surface area contributed by atoms with Crippen LogP contribution in [-0.4, -0.2) is 10.1 Å². The van der Waals surface area contributed by atoms with Crippen LogP contribution in [0.4, 0.5) is 0 Å². The smallest absolute Gasteiger partial charge is 0.132 e. The molecule has 0 spiro atoms. The number of aliphatic hydroxyl groups is 1. The van der Waals surface area contributed by atoms with Crippen molar-refractivity contribution in [3.05, 3.63) is 49.3 Å². The Balaban J connectivity index is 2.36. The van der Waals surface area contributed by atoms with Gasteiger partial charge in [-0.25, -0.2) is 4.98 Å². The summed E-state index contributed by atoms with van der Waals surface area (Å²) >= 11 is 8.11. The van der Waals surface area contributed by atoms with Crippen molar-refractivity contribution < 1.29 is 5.11 Å². The lowest BCUT2D eigenvalue weighted by molar-refractivity contribution is 0.219. The number of thiazole rings is 1. The van der Waals surface area contributed by atoms with Crippen molar-refractivity contribution in [3.8, 4) is 0 Å². The van der Waals surface area contributed by atoms with Gasteiger partial charge in [0.1, 0.15) is 15.7 Å². The summed E-state index contributed by atoms with van der Waals surface area (Å²) in [5, 5.41) is 12.6. The average Bonchev–Trinajstić information content (AvgIpc) is 2.65. The molecule has 1 heterocycles. The number of rotatable bonds is 2. The third-order valence-electron chi connectivity index (χ3n) is 1.93. The predicted octanol–water partition coefficient (Wildman–Crippen LogP) is 3.75. The molecule has 0 amide bonds. The number of halogens is 2. The topological polar surface area (TPSA) is 33.1 Å². The molecule has 0 aliphatic heterocycles. The number of nitrogens with zero attached hydrogens (tertiary/aromatic N) is 1. The van der Waals surface area contributed by atoms with Crippen molar-refractivity contribution in [2.45, 2.75) is 6.10 Å². The van der Waals surface area contributed by atoms with Crippen LogP contribution in [0.15, 0.2) is 38.7 Å². The van der Waals surface area contributed by atoms with Crippen molar-refractivity contribution >= 4 is 43.2 Å². The van der Waals surface area contributed by atoms with E-state index in [0.717, 1.165) is 14.6 Å². The van der Waals surface area contributed by atoms with Gasteiger partial charge in [0.05, 0.1) is 0 Å². The summed E-state index contributed by atoms with van der Waals surface area (Å²) in [4.78, 5) is 4.19. The molecule has 78 valence electrons. The summed E-state index contributed by atoms with van der Waals surface area (Å²) in [6.45, 7) is 0. The molecule has 2 rings (SSSR count). The molecule has 1 unspecified atom stereocenters. The highest BCUT2D eigenvalue weighted by Crippen LogP contribution is 2.30. The Hall–Kier alpha value is -0.230. The Bertz CT molecular complexity index is 472. The zero-order valence-electron chi connectivity index (χ0n) is 7.52. The summed E-state index contributed by atoms with van der Waals surface area (Å²) in [6, 6.07) is 7.59. The second kappa shape index (κ2) is 4.74. The molecule has 1 aromatic heterocycles. The summed E-state index contributed by atoms with van der Waals surface area (Å²) in [5.41, 5.74) is 0.833. The third-order valence-corrected chi connectivity index (χ3v) is 4.26. The monoisotopic (exact) mass is 347 g/mol. The van der Waals surface area contributed by atoms with Crippen LogP contribution in [0.3, 0.4) is 0 Å². The van der Waals surface area contributed by atoms with Gasteiger partial charge in [-0.3, -0.25) is 0 Å². The minimum Gasteiger partial charge on any atom is -0.381 e. The molecule has 2 nitrogen and oxygen atoms in total. The van der Waals surface area contributed by atoms with E-state index >= 15 is 0 Å². The van der Waals surface area contributed by atoms with Crippen LogP contribution >= 0.6 is 43.2 Å². The van der Waals surface area contributed by atoms with Gasteiger partial charge in [0.2, 0.25) is 0 Å². The molecule has 0 fully saturated rings. The van der Waals surface area contributed by atoms with Gasteiger partial charge in [0, 0.05) is 15.4 Å². The Labute approximate surface area is 108 Å². The summed E-state index contributed by atoms with van der Waals surface area (Å²) in [5.74, 6) is 0. The van der Waals surface area contributed by atoms with E-state index in [9.17, 15) is 5.11 Å². The second-order valence-electron chi connectivity index (χ2n) is 2.93. The van der Waals surface area contributed by atoms with E-state index in [2.05, 4.69) is 36.8 Å². The van der Waals surface area contributed by atoms with Crippen molar-refractivity contribution in [1.82, 2.24) is 4.98 Å². The molecule has 0 radical (unpaired) electrons. The van der Waals surface area contributed by atoms with Gasteiger partial charge >= 0.3 is 0 Å². The normalized spacial score (nSPS) is 12.7. The van der Waals surface area contributed by atoms with Crippen LogP contribution in [0.25, 0.3) is 0 Å². The fraction of sp³-hybridized carbons (Fsp3) is 0.100. The molecule has 1 N–H and O–H groups in total. The van der Waals surface area contributed by atoms with Crippen molar-refractivity contribution in [1.29, 1.82) is 0 Å². The fourth-order valence-corrected chi connectivity index (χ4v) is 2.99. The summed E-state index contributed by atoms with van der Waals surface area (Å²) in [7, 11) is 0. The zero-order chi connectivity index (χ0) is 10.8. The van der Waals surface area contributed by atoms with E-state index in [1.165, 1.54) is 11.3 Å². The molecule has 0 saturated carbocycles. The molecule has 2 aromatic rings. The minimum absolute atomic E-state index is 0.670. The Morgan fingerprint density at radius 1 is 1.27 bits per heavy atom. The van der Waals surface area contributed by atoms with Crippen LogP contribution in [0, 0.1) is 0 Å². The maximum Gasteiger partial charge on any atom is 0.132 e. The van der Waals surface area contributed by atoms with Gasteiger partial charge in [-0.1, -0.05) is 34.1 Å². The second-order valence-corrected chi connectivity index (χ2v) is 5.49. The number of aromatic nitrogens is 1. The van der Waals surface area contributed by atoms with Gasteiger partial charge < -0.3 is 5.11 Å². The maximum absolute atomic E-state index is 10.1. The Morgan fingerprint density at radius 2 is 2.00 bits per heavy atom. The van der Waals surface area contributed by atoms with Crippen molar-refractivity contribution in [2.75, 3.05) is 0 Å². The molecule has 0 bridgehead atoms. The van der Waals surface area contributed by atoms with Gasteiger partial charge in [-0.2, -0.15) is 0 Å². The first kappa shape index (κ1) is 11.3. The van der Waals surface area contributed by atoms with Crippen LogP contribution in [0.5, 0.6) is 0 Å². The van der Waals surface area contributed by atoms with E-state index in [1.807, 2.05) is 29.6 Å². The molecule has 0 aliphatic carbocycles. The lowest BCUT2D eigenvalue weighted by Gasteiger charge is -2.09. The Morgan fingerprint density at radius 3 is 2.60 bits per heavy atom. The number of aliphatic hydroxyl groups excluding tert-OH is 1. The summed E-state index contributed by atoms with van der Waals surface area (Å²) in [6.07, 6.45) is -0.670. The predicted molar refractivity (Wildman–Crippen MR) is 68.0 cm³/mol. The molecular formula is C10H7Br2NOS. The Kier molecular flexibility index (Phi) is 3.56. The first-order valence-electron chi connectivity index (χ1n) is 4.22. The molecule has 15 heavy (non-hydrogen) atoms. The zero-order valence-corrected chi connectivity index (χ0v) is 11.5. The van der Waals surface area contributed by atoms with E-state index in [4.69, 9.17) is 0 Å². The largest absolute Gasteiger partial charge is 0.381 e. The van der Waals surface area contributed by atoms with E-state index in [1.54, 1.807) is 0 Å². The van der Waals surface area contributed by atoms with Gasteiger partial charge in [-0.05, 0) is 22.0 Å². The average molecular weight is 349 g/mol. The van der Waals surface area contributed by atoms with Gasteiger partial charge in [-0.15, -0.1) is 11.3 Å². The fourth-order valence-electron chi connectivity index (χ4n) is 1.22. The van der Waals surface area contributed by atoms with Gasteiger partial charge in [0.25, 0.3) is 0 Å². The number of hydrogen-bond donors (Lipinski definition) is 1.